The number of phosphoric acid groups is 1. The molecule has 0 fully saturated rings. The van der Waals surface area contributed by atoms with E-state index in [9.17, 15) is 19.0 Å². The van der Waals surface area contributed by atoms with Gasteiger partial charge in [0.15, 0.2) is 6.10 Å². The van der Waals surface area contributed by atoms with Crippen LogP contribution in [0, 0.1) is 0 Å². The van der Waals surface area contributed by atoms with Crippen molar-refractivity contribution in [2.24, 2.45) is 0 Å². The highest BCUT2D eigenvalue weighted by Crippen LogP contribution is 2.43. The monoisotopic (exact) mass is 833 g/mol. The summed E-state index contributed by atoms with van der Waals surface area (Å²) in [5.41, 5.74) is 0. The van der Waals surface area contributed by atoms with Crippen molar-refractivity contribution in [1.82, 2.24) is 0 Å². The minimum Gasteiger partial charge on any atom is -0.462 e. The van der Waals surface area contributed by atoms with Gasteiger partial charge in [-0.15, -0.1) is 0 Å². The molecule has 332 valence electrons. The molecular formula is C48H83NO8P+. The Morgan fingerprint density at radius 1 is 0.603 bits per heavy atom. The van der Waals surface area contributed by atoms with Crippen LogP contribution >= 0.6 is 7.82 Å². The number of esters is 2. The predicted molar refractivity (Wildman–Crippen MR) is 242 cm³/mol. The number of allylic oxidation sites excluding steroid dienone is 13. The van der Waals surface area contributed by atoms with E-state index in [1.807, 2.05) is 33.3 Å². The van der Waals surface area contributed by atoms with Crippen LogP contribution in [0.15, 0.2) is 85.1 Å². The summed E-state index contributed by atoms with van der Waals surface area (Å²) >= 11 is 0. The number of carbonyl (C=O) groups is 2. The van der Waals surface area contributed by atoms with Crippen LogP contribution < -0.4 is 0 Å². The first-order valence-electron chi connectivity index (χ1n) is 22.4. The Hall–Kier alpha value is -2.81. The molecule has 0 aliphatic rings. The summed E-state index contributed by atoms with van der Waals surface area (Å²) in [5, 5.41) is 0. The lowest BCUT2D eigenvalue weighted by Crippen LogP contribution is -2.37. The van der Waals surface area contributed by atoms with Crippen molar-refractivity contribution in [3.8, 4) is 0 Å². The number of carbonyl (C=O) groups excluding carboxylic acids is 2. The number of phosphoric ester groups is 1. The maximum atomic E-state index is 12.6. The highest BCUT2D eigenvalue weighted by molar-refractivity contribution is 7.47. The highest BCUT2D eigenvalue weighted by atomic mass is 31.2. The minimum atomic E-state index is -4.41. The van der Waals surface area contributed by atoms with Crippen LogP contribution in [-0.4, -0.2) is 74.9 Å². The zero-order chi connectivity index (χ0) is 42.8. The van der Waals surface area contributed by atoms with Crippen LogP contribution in [0.5, 0.6) is 0 Å². The number of hydrogen-bond acceptors (Lipinski definition) is 7. The van der Waals surface area contributed by atoms with E-state index in [1.54, 1.807) is 6.08 Å². The smallest absolute Gasteiger partial charge is 0.462 e. The molecule has 1 unspecified atom stereocenters. The summed E-state index contributed by atoms with van der Waals surface area (Å²) in [4.78, 5) is 35.2. The van der Waals surface area contributed by atoms with Crippen molar-refractivity contribution in [1.29, 1.82) is 0 Å². The Balaban J connectivity index is 4.52. The fourth-order valence-electron chi connectivity index (χ4n) is 5.53. The summed E-state index contributed by atoms with van der Waals surface area (Å²) in [6, 6.07) is 0. The van der Waals surface area contributed by atoms with Gasteiger partial charge in [0, 0.05) is 12.5 Å². The molecule has 0 bridgehead atoms. The molecule has 9 nitrogen and oxygen atoms in total. The SMILES string of the molecule is CC/C=C/C/C=C/C/C=C/C/C=C/C/C=C/CCCCCC(=O)OC[C@H](COP(=O)(O)OCC[N+](C)(C)C)OC(=O)/C=C/C=C/CCCCCCCCCCCCC. The number of nitrogens with zero attached hydrogens (tertiary/aromatic N) is 1. The van der Waals surface area contributed by atoms with E-state index in [4.69, 9.17) is 18.5 Å². The quantitative estimate of drug-likeness (QED) is 0.0124. The second kappa shape index (κ2) is 39.6. The van der Waals surface area contributed by atoms with E-state index in [0.29, 0.717) is 17.4 Å². The number of unbranched alkanes of at least 4 members (excludes halogenated alkanes) is 14. The molecule has 1 N–H and O–H groups in total. The number of quaternary nitrogens is 1. The molecule has 0 saturated heterocycles. The van der Waals surface area contributed by atoms with Gasteiger partial charge in [-0.25, -0.2) is 9.36 Å². The second-order valence-electron chi connectivity index (χ2n) is 15.8. The van der Waals surface area contributed by atoms with Crippen LogP contribution in [0.1, 0.15) is 155 Å². The Labute approximate surface area is 354 Å². The Morgan fingerprint density at radius 3 is 1.66 bits per heavy atom. The summed E-state index contributed by atoms with van der Waals surface area (Å²) in [6.07, 6.45) is 51.3. The van der Waals surface area contributed by atoms with E-state index in [1.165, 1.54) is 70.3 Å². The van der Waals surface area contributed by atoms with Crippen molar-refractivity contribution in [2.45, 2.75) is 161 Å². The molecule has 0 spiro atoms. The molecule has 0 amide bonds. The van der Waals surface area contributed by atoms with Gasteiger partial charge in [0.2, 0.25) is 0 Å². The summed E-state index contributed by atoms with van der Waals surface area (Å²) in [6.45, 7) is 4.12. The number of hydrogen-bond donors (Lipinski definition) is 1. The first-order chi connectivity index (χ1) is 28.0. The van der Waals surface area contributed by atoms with E-state index in [2.05, 4.69) is 74.6 Å². The van der Waals surface area contributed by atoms with E-state index < -0.39 is 32.5 Å². The molecule has 0 rings (SSSR count). The molecule has 0 aromatic rings. The van der Waals surface area contributed by atoms with Crippen molar-refractivity contribution in [3.05, 3.63) is 85.1 Å². The molecule has 0 radical (unpaired) electrons. The molecule has 10 heteroatoms. The van der Waals surface area contributed by atoms with Gasteiger partial charge < -0.3 is 18.9 Å². The molecule has 0 aliphatic carbocycles. The maximum absolute atomic E-state index is 12.6. The normalized spacial score (nSPS) is 14.4. The van der Waals surface area contributed by atoms with Crippen LogP contribution in [0.3, 0.4) is 0 Å². The van der Waals surface area contributed by atoms with Gasteiger partial charge in [-0.05, 0) is 64.2 Å². The summed E-state index contributed by atoms with van der Waals surface area (Å²) in [7, 11) is 1.39. The summed E-state index contributed by atoms with van der Waals surface area (Å²) in [5.74, 6) is -1.10. The van der Waals surface area contributed by atoms with E-state index >= 15 is 0 Å². The first-order valence-corrected chi connectivity index (χ1v) is 23.8. The van der Waals surface area contributed by atoms with E-state index in [0.717, 1.165) is 64.2 Å². The first kappa shape index (κ1) is 55.2. The van der Waals surface area contributed by atoms with Crippen LogP contribution in [0.2, 0.25) is 0 Å². The van der Waals surface area contributed by atoms with Crippen molar-refractivity contribution in [2.75, 3.05) is 47.5 Å². The Morgan fingerprint density at radius 2 is 1.10 bits per heavy atom. The van der Waals surface area contributed by atoms with Gasteiger partial charge in [0.25, 0.3) is 0 Å². The molecule has 0 aromatic carbocycles. The number of ether oxygens (including phenoxy) is 2. The minimum absolute atomic E-state index is 0.00602. The van der Waals surface area contributed by atoms with E-state index in [-0.39, 0.29) is 19.6 Å². The van der Waals surface area contributed by atoms with Gasteiger partial charge in [-0.3, -0.25) is 13.8 Å². The molecule has 2 atom stereocenters. The Bertz CT molecular complexity index is 1260. The maximum Gasteiger partial charge on any atom is 0.472 e. The van der Waals surface area contributed by atoms with Gasteiger partial charge in [-0.1, -0.05) is 163 Å². The van der Waals surface area contributed by atoms with Gasteiger partial charge in [0.05, 0.1) is 27.7 Å². The van der Waals surface area contributed by atoms with Gasteiger partial charge in [-0.2, -0.15) is 0 Å². The zero-order valence-electron chi connectivity index (χ0n) is 37.2. The molecule has 58 heavy (non-hydrogen) atoms. The van der Waals surface area contributed by atoms with Crippen molar-refractivity contribution < 1.29 is 42.1 Å². The van der Waals surface area contributed by atoms with Crippen molar-refractivity contribution in [3.63, 3.8) is 0 Å². The predicted octanol–water partition coefficient (Wildman–Crippen LogP) is 12.8. The lowest BCUT2D eigenvalue weighted by molar-refractivity contribution is -0.870. The highest BCUT2D eigenvalue weighted by Gasteiger charge is 2.26. The van der Waals surface area contributed by atoms with Crippen molar-refractivity contribution >= 4 is 19.8 Å². The number of likely N-dealkylation sites (N-methyl/N-ethyl adjacent to an activating group) is 1. The fourth-order valence-corrected chi connectivity index (χ4v) is 6.28. The average Bonchev–Trinajstić information content (AvgIpc) is 3.17. The standard InChI is InChI=1S/C48H82NO8P/c1-6-8-10-12-14-16-18-20-22-23-24-25-27-28-30-32-34-36-38-40-47(50)54-44-46(45-56-58(52,53)55-43-42-49(3,4)5)57-48(51)41-39-37-35-33-31-29-26-21-19-17-15-13-11-9-7-2/h8,10,14,16,20,22,24-25,28,30,35,37,39,41,46H,6-7,9,11-13,15,17-19,21,23,26-27,29,31-34,36,38,40,42-45H2,1-5H3/p+1/b10-8+,16-14+,22-20+,25-24+,30-28+,37-35+,41-39+/t46-/m1/s1. The molecule has 0 aromatic heterocycles. The van der Waals surface area contributed by atoms with Crippen LogP contribution in [0.4, 0.5) is 0 Å². The third-order valence-corrected chi connectivity index (χ3v) is 10.0. The topological polar surface area (TPSA) is 108 Å². The van der Waals surface area contributed by atoms with Crippen LogP contribution in [0.25, 0.3) is 0 Å². The van der Waals surface area contributed by atoms with Crippen LogP contribution in [-0.2, 0) is 32.7 Å². The molecular weight excluding hydrogens is 750 g/mol. The number of rotatable bonds is 39. The average molecular weight is 833 g/mol. The largest absolute Gasteiger partial charge is 0.472 e. The van der Waals surface area contributed by atoms with Gasteiger partial charge in [0.1, 0.15) is 19.8 Å². The van der Waals surface area contributed by atoms with Gasteiger partial charge >= 0.3 is 19.8 Å². The third kappa shape index (κ3) is 42.8. The molecule has 0 heterocycles. The third-order valence-electron chi connectivity index (χ3n) is 9.02. The summed E-state index contributed by atoms with van der Waals surface area (Å²) < 4.78 is 34.1. The molecule has 0 saturated carbocycles. The molecule has 0 aliphatic heterocycles. The lowest BCUT2D eigenvalue weighted by atomic mass is 10.1. The Kier molecular flexibility index (Phi) is 37.7. The zero-order valence-corrected chi connectivity index (χ0v) is 38.1. The fraction of sp³-hybridized carbons (Fsp3) is 0.667. The second-order valence-corrected chi connectivity index (χ2v) is 17.2. The lowest BCUT2D eigenvalue weighted by Gasteiger charge is -2.24.